The van der Waals surface area contributed by atoms with Crippen LogP contribution in [0.15, 0.2) is 34.8 Å². The molecule has 0 heterocycles. The van der Waals surface area contributed by atoms with Crippen LogP contribution in [0.4, 0.5) is 10.1 Å². The molecule has 1 N–H and O–H groups in total. The highest BCUT2D eigenvalue weighted by molar-refractivity contribution is 9.10. The molecule has 0 spiro atoms. The van der Waals surface area contributed by atoms with Gasteiger partial charge < -0.3 is 10.1 Å². The summed E-state index contributed by atoms with van der Waals surface area (Å²) < 4.78 is 20.2. The van der Waals surface area contributed by atoms with E-state index in [1.165, 1.54) is 12.1 Å². The van der Waals surface area contributed by atoms with Crippen molar-refractivity contribution in [3.8, 4) is 5.75 Å². The fourth-order valence-corrected chi connectivity index (χ4v) is 2.53. The molecule has 0 bridgehead atoms. The second-order valence-corrected chi connectivity index (χ2v) is 6.49. The highest BCUT2D eigenvalue weighted by Crippen LogP contribution is 2.25. The van der Waals surface area contributed by atoms with Crippen LogP contribution in [0, 0.1) is 26.6 Å². The number of amides is 1. The minimum Gasteiger partial charge on any atom is -0.481 e. The molecule has 0 aliphatic rings. The van der Waals surface area contributed by atoms with Crippen molar-refractivity contribution in [3.63, 3.8) is 0 Å². The van der Waals surface area contributed by atoms with Gasteiger partial charge >= 0.3 is 0 Å². The van der Waals surface area contributed by atoms with Gasteiger partial charge in [0.1, 0.15) is 11.6 Å². The molecule has 1 amide bonds. The molecule has 0 saturated heterocycles. The Morgan fingerprint density at radius 1 is 1.22 bits per heavy atom. The van der Waals surface area contributed by atoms with Crippen LogP contribution in [0.25, 0.3) is 0 Å². The van der Waals surface area contributed by atoms with Crippen LogP contribution in [0.5, 0.6) is 5.75 Å². The maximum Gasteiger partial charge on any atom is 0.265 e. The summed E-state index contributed by atoms with van der Waals surface area (Å²) >= 11 is 3.18. The summed E-state index contributed by atoms with van der Waals surface area (Å²) in [5, 5.41) is 2.55. The Bertz CT molecular complexity index is 746. The molecule has 0 fully saturated rings. The third kappa shape index (κ3) is 4.32. The van der Waals surface area contributed by atoms with Crippen molar-refractivity contribution in [2.24, 2.45) is 0 Å². The lowest BCUT2D eigenvalue weighted by atomic mass is 10.1. The minimum absolute atomic E-state index is 0.130. The molecular formula is C18H19BrFNO2. The van der Waals surface area contributed by atoms with Crippen LogP contribution in [0.3, 0.4) is 0 Å². The molecule has 1 atom stereocenters. The average molecular weight is 380 g/mol. The van der Waals surface area contributed by atoms with E-state index in [2.05, 4.69) is 27.3 Å². The fourth-order valence-electron chi connectivity index (χ4n) is 2.19. The Labute approximate surface area is 144 Å². The standard InChI is InChI=1S/C18H19BrFNO2/c1-10-7-11(2)12(3)17(8-10)23-13(4)18(22)21-16-6-5-14(19)9-15(16)20/h5-9,13H,1-4H3,(H,21,22). The van der Waals surface area contributed by atoms with Crippen LogP contribution in [0.1, 0.15) is 23.6 Å². The van der Waals surface area contributed by atoms with Crippen LogP contribution >= 0.6 is 15.9 Å². The Morgan fingerprint density at radius 3 is 2.57 bits per heavy atom. The summed E-state index contributed by atoms with van der Waals surface area (Å²) in [7, 11) is 0. The van der Waals surface area contributed by atoms with Crippen molar-refractivity contribution in [1.82, 2.24) is 0 Å². The predicted octanol–water partition coefficient (Wildman–Crippen LogP) is 4.92. The van der Waals surface area contributed by atoms with Gasteiger partial charge in [-0.25, -0.2) is 4.39 Å². The summed E-state index contributed by atoms with van der Waals surface area (Å²) in [6, 6.07) is 8.43. The Hall–Kier alpha value is -1.88. The number of carbonyl (C=O) groups excluding carboxylic acids is 1. The van der Waals surface area contributed by atoms with E-state index in [0.29, 0.717) is 10.2 Å². The monoisotopic (exact) mass is 379 g/mol. The van der Waals surface area contributed by atoms with Crippen molar-refractivity contribution in [2.45, 2.75) is 33.8 Å². The van der Waals surface area contributed by atoms with E-state index >= 15 is 0 Å². The number of rotatable bonds is 4. The molecule has 0 aliphatic heterocycles. The van der Waals surface area contributed by atoms with Gasteiger partial charge in [0.25, 0.3) is 5.91 Å². The topological polar surface area (TPSA) is 38.3 Å². The Morgan fingerprint density at radius 2 is 1.91 bits per heavy atom. The second kappa shape index (κ2) is 7.13. The highest BCUT2D eigenvalue weighted by atomic mass is 79.9. The molecule has 5 heteroatoms. The van der Waals surface area contributed by atoms with E-state index in [1.807, 2.05) is 26.8 Å². The molecule has 0 radical (unpaired) electrons. The van der Waals surface area contributed by atoms with Gasteiger partial charge in [0, 0.05) is 4.47 Å². The minimum atomic E-state index is -0.738. The Balaban J connectivity index is 2.11. The molecule has 2 rings (SSSR count). The number of hydrogen-bond donors (Lipinski definition) is 1. The van der Waals surface area contributed by atoms with Crippen molar-refractivity contribution >= 4 is 27.5 Å². The molecule has 1 unspecified atom stereocenters. The largest absolute Gasteiger partial charge is 0.481 e. The molecule has 0 aliphatic carbocycles. The predicted molar refractivity (Wildman–Crippen MR) is 93.5 cm³/mol. The molecular weight excluding hydrogens is 361 g/mol. The van der Waals surface area contributed by atoms with Crippen LogP contribution < -0.4 is 10.1 Å². The lowest BCUT2D eigenvalue weighted by molar-refractivity contribution is -0.122. The van der Waals surface area contributed by atoms with Gasteiger partial charge in [-0.3, -0.25) is 4.79 Å². The Kier molecular flexibility index (Phi) is 5.42. The quantitative estimate of drug-likeness (QED) is 0.818. The first-order chi connectivity index (χ1) is 10.8. The lowest BCUT2D eigenvalue weighted by Crippen LogP contribution is -2.30. The number of hydrogen-bond acceptors (Lipinski definition) is 2. The van der Waals surface area contributed by atoms with Gasteiger partial charge in [0.2, 0.25) is 0 Å². The lowest BCUT2D eigenvalue weighted by Gasteiger charge is -2.18. The maximum absolute atomic E-state index is 13.8. The van der Waals surface area contributed by atoms with Crippen molar-refractivity contribution in [1.29, 1.82) is 0 Å². The number of ether oxygens (including phenoxy) is 1. The molecule has 2 aromatic carbocycles. The highest BCUT2D eigenvalue weighted by Gasteiger charge is 2.18. The SMILES string of the molecule is Cc1cc(C)c(C)c(OC(C)C(=O)Nc2ccc(Br)cc2F)c1. The number of benzene rings is 2. The van der Waals surface area contributed by atoms with Crippen LogP contribution in [0.2, 0.25) is 0 Å². The van der Waals surface area contributed by atoms with E-state index in [1.54, 1.807) is 13.0 Å². The van der Waals surface area contributed by atoms with Gasteiger partial charge in [-0.05, 0) is 68.7 Å². The van der Waals surface area contributed by atoms with E-state index < -0.39 is 17.8 Å². The van der Waals surface area contributed by atoms with Crippen molar-refractivity contribution < 1.29 is 13.9 Å². The van der Waals surface area contributed by atoms with E-state index in [9.17, 15) is 9.18 Å². The summed E-state index contributed by atoms with van der Waals surface area (Å²) in [5.41, 5.74) is 3.29. The third-order valence-corrected chi connectivity index (χ3v) is 4.12. The van der Waals surface area contributed by atoms with Crippen molar-refractivity contribution in [2.75, 3.05) is 5.32 Å². The van der Waals surface area contributed by atoms with E-state index in [0.717, 1.165) is 16.7 Å². The number of halogens is 2. The zero-order valence-electron chi connectivity index (χ0n) is 13.5. The molecule has 2 aromatic rings. The van der Waals surface area contributed by atoms with Crippen LogP contribution in [-0.4, -0.2) is 12.0 Å². The van der Waals surface area contributed by atoms with Gasteiger partial charge in [-0.15, -0.1) is 0 Å². The first kappa shape index (κ1) is 17.5. The average Bonchev–Trinajstić information content (AvgIpc) is 2.47. The molecule has 0 saturated carbocycles. The number of carbonyl (C=O) groups is 1. The van der Waals surface area contributed by atoms with Gasteiger partial charge in [0.05, 0.1) is 5.69 Å². The number of anilines is 1. The molecule has 23 heavy (non-hydrogen) atoms. The third-order valence-electron chi connectivity index (χ3n) is 3.63. The first-order valence-electron chi connectivity index (χ1n) is 7.28. The first-order valence-corrected chi connectivity index (χ1v) is 8.07. The van der Waals surface area contributed by atoms with E-state index in [4.69, 9.17) is 4.74 Å². The maximum atomic E-state index is 13.8. The fraction of sp³-hybridized carbons (Fsp3) is 0.278. The zero-order chi connectivity index (χ0) is 17.1. The summed E-state index contributed by atoms with van der Waals surface area (Å²) in [6.07, 6.45) is -0.738. The normalized spacial score (nSPS) is 11.9. The van der Waals surface area contributed by atoms with Crippen molar-refractivity contribution in [3.05, 3.63) is 57.3 Å². The smallest absolute Gasteiger partial charge is 0.265 e. The summed E-state index contributed by atoms with van der Waals surface area (Å²) in [5.74, 6) is -0.228. The number of aryl methyl sites for hydroxylation is 2. The van der Waals surface area contributed by atoms with Gasteiger partial charge in [-0.2, -0.15) is 0 Å². The molecule has 0 aromatic heterocycles. The molecule has 122 valence electrons. The van der Waals surface area contributed by atoms with Crippen LogP contribution in [-0.2, 0) is 4.79 Å². The summed E-state index contributed by atoms with van der Waals surface area (Å²) in [4.78, 5) is 12.2. The summed E-state index contributed by atoms with van der Waals surface area (Å²) in [6.45, 7) is 7.56. The number of nitrogens with one attached hydrogen (secondary N) is 1. The van der Waals surface area contributed by atoms with Gasteiger partial charge in [0.15, 0.2) is 6.10 Å². The second-order valence-electron chi connectivity index (χ2n) is 5.58. The van der Waals surface area contributed by atoms with E-state index in [-0.39, 0.29) is 5.69 Å². The van der Waals surface area contributed by atoms with Gasteiger partial charge in [-0.1, -0.05) is 22.0 Å². The molecule has 3 nitrogen and oxygen atoms in total. The zero-order valence-corrected chi connectivity index (χ0v) is 15.1.